The molecule has 2 aromatic heterocycles. The molecule has 116 heavy (non-hydrogen) atoms. The van der Waals surface area contributed by atoms with Gasteiger partial charge in [0.1, 0.15) is 11.6 Å². The van der Waals surface area contributed by atoms with Gasteiger partial charge in [0, 0.05) is 34.0 Å². The summed E-state index contributed by atoms with van der Waals surface area (Å²) in [5.41, 5.74) is 20.2. The summed E-state index contributed by atoms with van der Waals surface area (Å²) < 4.78 is 30.5. The molecule has 0 unspecified atom stereocenters. The van der Waals surface area contributed by atoms with E-state index in [0.29, 0.717) is 52.6 Å². The molecule has 6 aliphatic rings. The Hall–Kier alpha value is -8.31. The van der Waals surface area contributed by atoms with E-state index in [2.05, 4.69) is 135 Å². The van der Waals surface area contributed by atoms with E-state index in [1.165, 1.54) is 128 Å². The minimum atomic E-state index is -3.44. The predicted molar refractivity (Wildman–Crippen MR) is 484 cm³/mol. The molecule has 10 nitrogen and oxygen atoms in total. The topological polar surface area (TPSA) is 107 Å². The average Bonchev–Trinajstić information content (AvgIpc) is 1.59. The molecule has 3 aliphatic heterocycles. The zero-order valence-electron chi connectivity index (χ0n) is 70.3. The summed E-state index contributed by atoms with van der Waals surface area (Å²) in [6.07, 6.45) is 41.9. The Balaban J connectivity index is 0.000000150. The number of aryl methyl sites for hydroxylation is 6. The zero-order valence-corrected chi connectivity index (χ0v) is 74.4. The second kappa shape index (κ2) is 41.9. The number of halogens is 4. The number of carbonyl (C=O) groups is 4. The first kappa shape index (κ1) is 88.5. The van der Waals surface area contributed by atoms with Gasteiger partial charge >= 0.3 is 210 Å². The van der Waals surface area contributed by atoms with Crippen molar-refractivity contribution in [2.45, 2.75) is 247 Å². The third-order valence-electron chi connectivity index (χ3n) is 23.2. The van der Waals surface area contributed by atoms with Crippen molar-refractivity contribution >= 4 is 105 Å². The molecule has 0 bridgehead atoms. The van der Waals surface area contributed by atoms with Crippen molar-refractivity contribution in [2.24, 2.45) is 0 Å². The number of benzene rings is 7. The van der Waals surface area contributed by atoms with Gasteiger partial charge in [-0.1, -0.05) is 155 Å². The number of fused-ring (bicyclic) bond motifs is 4. The molecular formula is C100H119Cl2F2N6O4PRu. The number of hydrogen-bond donors (Lipinski definition) is 0. The Labute approximate surface area is 701 Å². The van der Waals surface area contributed by atoms with E-state index >= 15 is 0 Å². The summed E-state index contributed by atoms with van der Waals surface area (Å²) in [6, 6.07) is 44.6. The molecule has 614 valence electrons. The average molecular weight is 1710 g/mol. The molecular weight excluding hydrogens is 1590 g/mol. The number of imide groups is 2. The summed E-state index contributed by atoms with van der Waals surface area (Å²) in [7, 11) is 15.2. The summed E-state index contributed by atoms with van der Waals surface area (Å²) in [4.78, 5) is 68.3. The van der Waals surface area contributed by atoms with Crippen LogP contribution in [0.1, 0.15) is 291 Å². The Morgan fingerprint density at radius 3 is 1.16 bits per heavy atom. The van der Waals surface area contributed by atoms with Crippen molar-refractivity contribution in [3.63, 3.8) is 0 Å². The second-order valence-corrected chi connectivity index (χ2v) is 44.3. The minimum absolute atomic E-state index is 0.303. The Morgan fingerprint density at radius 2 is 0.810 bits per heavy atom. The van der Waals surface area contributed by atoms with E-state index in [1.54, 1.807) is 138 Å². The molecule has 3 saturated carbocycles. The normalized spacial score (nSPS) is 16.9. The van der Waals surface area contributed by atoms with Gasteiger partial charge in [-0.05, 0) is 168 Å². The van der Waals surface area contributed by atoms with Gasteiger partial charge in [0.15, 0.2) is 0 Å². The van der Waals surface area contributed by atoms with E-state index in [9.17, 15) is 28.0 Å². The number of carbonyl (C=O) groups excluding carboxylic acids is 4. The molecule has 16 heteroatoms. The van der Waals surface area contributed by atoms with Gasteiger partial charge in [0.2, 0.25) is 0 Å². The molecule has 4 fully saturated rings. The summed E-state index contributed by atoms with van der Waals surface area (Å²) in [5, 5.41) is 1.52. The van der Waals surface area contributed by atoms with Gasteiger partial charge in [0.25, 0.3) is 23.6 Å². The molecule has 15 rings (SSSR count). The third-order valence-corrected chi connectivity index (χ3v) is 32.8. The maximum absolute atomic E-state index is 13.7. The summed E-state index contributed by atoms with van der Waals surface area (Å²) in [6.45, 7) is 26.8. The van der Waals surface area contributed by atoms with Crippen molar-refractivity contribution in [3.8, 4) is 0 Å². The van der Waals surface area contributed by atoms with Crippen LogP contribution in [-0.4, -0.2) is 82.4 Å². The van der Waals surface area contributed by atoms with Crippen LogP contribution in [-0.2, 0) is 11.9 Å². The number of allylic oxidation sites excluding steroid dienone is 4. The number of anilines is 2. The molecule has 9 aromatic rings. The first-order valence-corrected chi connectivity index (χ1v) is 50.4. The number of pyridine rings is 2. The molecule has 0 spiro atoms. The van der Waals surface area contributed by atoms with Crippen molar-refractivity contribution in [1.82, 2.24) is 19.8 Å². The number of amides is 4. The predicted octanol–water partition coefficient (Wildman–Crippen LogP) is 27.2. The van der Waals surface area contributed by atoms with Crippen LogP contribution < -0.4 is 9.80 Å². The van der Waals surface area contributed by atoms with Crippen molar-refractivity contribution < 1.29 is 39.8 Å². The summed E-state index contributed by atoms with van der Waals surface area (Å²) in [5.74, 6) is -1.93. The first-order chi connectivity index (χ1) is 56.0. The zero-order chi connectivity index (χ0) is 82.7. The van der Waals surface area contributed by atoms with Crippen molar-refractivity contribution in [3.05, 3.63) is 271 Å². The van der Waals surface area contributed by atoms with Gasteiger partial charge in [-0.25, -0.2) is 18.7 Å². The fourth-order valence-corrected chi connectivity index (χ4v) is 28.6. The van der Waals surface area contributed by atoms with E-state index < -0.39 is 24.0 Å². The monoisotopic (exact) mass is 1710 g/mol. The van der Waals surface area contributed by atoms with Gasteiger partial charge < -0.3 is 0 Å². The molecule has 3 aliphatic carbocycles. The summed E-state index contributed by atoms with van der Waals surface area (Å²) >= 11 is -3.44. The van der Waals surface area contributed by atoms with Crippen molar-refractivity contribution in [2.75, 3.05) is 22.9 Å². The fraction of sp³-hybridized carbons (Fsp3) is 0.400. The van der Waals surface area contributed by atoms with Gasteiger partial charge in [-0.3, -0.25) is 29.0 Å². The molecule has 5 heterocycles. The number of aromatic nitrogens is 2. The Bertz CT molecular complexity index is 4970. The SMILES string of the molecule is C1CCC(P(C2CCCCC2)C2CCCCC2)CC1.CC/C=C/c1nc2cc(F)ccc2cc1[C@H](C)N1C(=O)c2ccccc2C1=O.CC/C=C\CC.CCCC/C=C/c1nc2cc(F)ccc2cc1[C@H](C)N1C(=O)c2ccccc2C1=O.Cc1cc(C)c(N2CCN(c3c(C)cc(C)cc3C)[C]2=[Ru]([Cl])([Cl])=[CH]c2ccccc2)c(C)c1. The van der Waals surface area contributed by atoms with Crippen molar-refractivity contribution in [1.29, 1.82) is 0 Å². The van der Waals surface area contributed by atoms with Crippen LogP contribution in [0, 0.1) is 53.2 Å². The molecule has 4 amide bonds. The van der Waals surface area contributed by atoms with E-state index in [4.69, 9.17) is 19.4 Å². The molecule has 0 radical (unpaired) electrons. The third kappa shape index (κ3) is 21.4. The van der Waals surface area contributed by atoms with E-state index in [-0.39, 0.29) is 35.3 Å². The number of nitrogens with zero attached hydrogens (tertiary/aromatic N) is 6. The second-order valence-electron chi connectivity index (χ2n) is 32.0. The van der Waals surface area contributed by atoms with Crippen LogP contribution in [0.5, 0.6) is 0 Å². The van der Waals surface area contributed by atoms with Crippen LogP contribution in [0.25, 0.3) is 34.0 Å². The number of hydrogen-bond acceptors (Lipinski definition) is 8. The van der Waals surface area contributed by atoms with Crippen LogP contribution in [0.4, 0.5) is 20.2 Å². The van der Waals surface area contributed by atoms with E-state index in [0.717, 1.165) is 70.6 Å². The fourth-order valence-electron chi connectivity index (χ4n) is 17.9. The van der Waals surface area contributed by atoms with Gasteiger partial charge in [-0.15, -0.1) is 0 Å². The van der Waals surface area contributed by atoms with Crippen LogP contribution >= 0.6 is 27.3 Å². The van der Waals surface area contributed by atoms with Gasteiger partial charge in [0.05, 0.1) is 56.8 Å². The van der Waals surface area contributed by atoms with E-state index in [1.807, 2.05) is 75.4 Å². The van der Waals surface area contributed by atoms with Crippen LogP contribution in [0.15, 0.2) is 176 Å². The first-order valence-electron chi connectivity index (χ1n) is 42.5. The quantitative estimate of drug-likeness (QED) is 0.0275. The Morgan fingerprint density at radius 1 is 0.457 bits per heavy atom. The van der Waals surface area contributed by atoms with Gasteiger partial charge in [-0.2, -0.15) is 0 Å². The molecule has 0 N–H and O–H groups in total. The number of unbranched alkanes of at least 4 members (excludes halogenated alkanes) is 2. The molecule has 2 atom stereocenters. The molecule has 1 saturated heterocycles. The Kier molecular flexibility index (Phi) is 32.0. The van der Waals surface area contributed by atoms with Crippen LogP contribution in [0.2, 0.25) is 0 Å². The number of rotatable bonds is 18. The van der Waals surface area contributed by atoms with Crippen LogP contribution in [0.3, 0.4) is 0 Å². The maximum atomic E-state index is 13.7. The standard InChI is InChI=1S/C25H23FN2O2.C23H19FN2O2.C21H26N2.C18H33P.C7H6.C6H12.2ClH.Ru/c1-3-4-5-6-11-22-21(14-17-12-13-18(26)15-23(17)27-22)16(2)28-24(29)19-9-7-8-10-20(19)25(28)30;1-3-4-9-20-19(12-15-10-11-16(24)13-21(15)25-20)14(2)26-22(27)17-7-5-6-8-18(17)23(26)28;1-14-9-16(3)20(17(4)10-14)22-7-8-23(13-22)21-18(5)11-15(2)12-19(21)6;1-4-10-16(11-5-1)19(17-12-6-2-7-13-17)18-14-8-3-9-15-18;1-7-5-3-2-4-6-7;1-3-5-6-4-2;;;/h6-16H,3-5H2,1-2H3;4-14H,3H2,1-2H3;9-12H,7-8H2,1-6H3;16-18H,1-15H2;1-6H;5-6H,3-4H2,1-2H3;2*1H;/q;;;;;;;;+2/p-2/b11-6+;9-4+;;;;6-5-;;;/t16-;14-;;;;;;;/m00......./s1. The molecule has 7 aromatic carbocycles.